The van der Waals surface area contributed by atoms with Crippen LogP contribution < -0.4 is 5.43 Å². The molecular weight excluding hydrogens is 449 g/mol. The number of ketones is 1. The number of aryl methyl sites for hydroxylation is 3. The maximum atomic E-state index is 13.1. The van der Waals surface area contributed by atoms with Gasteiger partial charge in [-0.1, -0.05) is 18.2 Å². The summed E-state index contributed by atoms with van der Waals surface area (Å²) in [5.41, 5.74) is 0.641. The van der Waals surface area contributed by atoms with Crippen molar-refractivity contribution in [2.75, 3.05) is 0 Å². The van der Waals surface area contributed by atoms with Gasteiger partial charge in [0.05, 0.1) is 11.3 Å². The number of nitrogens with zero attached hydrogens (tertiary/aromatic N) is 2. The summed E-state index contributed by atoms with van der Waals surface area (Å²) < 4.78 is 45.6. The average molecular weight is 470 g/mol. The third-order valence-corrected chi connectivity index (χ3v) is 5.75. The van der Waals surface area contributed by atoms with Crippen LogP contribution in [0.3, 0.4) is 0 Å². The van der Waals surface area contributed by atoms with Gasteiger partial charge in [-0.05, 0) is 68.5 Å². The van der Waals surface area contributed by atoms with E-state index in [1.807, 2.05) is 6.07 Å². The van der Waals surface area contributed by atoms with Gasteiger partial charge < -0.3 is 4.74 Å². The lowest BCUT2D eigenvalue weighted by Crippen LogP contribution is -2.30. The normalized spacial score (nSPS) is 13.9. The molecule has 3 aromatic rings. The third kappa shape index (κ3) is 4.64. The van der Waals surface area contributed by atoms with E-state index >= 15 is 0 Å². The van der Waals surface area contributed by atoms with E-state index in [1.54, 1.807) is 12.1 Å². The van der Waals surface area contributed by atoms with Crippen LogP contribution >= 0.6 is 0 Å². The molecule has 1 atom stereocenters. The number of halogens is 3. The first-order valence-electron chi connectivity index (χ1n) is 10.7. The van der Waals surface area contributed by atoms with E-state index in [1.165, 1.54) is 31.5 Å². The Morgan fingerprint density at radius 2 is 1.79 bits per heavy atom. The predicted molar refractivity (Wildman–Crippen MR) is 117 cm³/mol. The van der Waals surface area contributed by atoms with Crippen molar-refractivity contribution >= 4 is 11.8 Å². The molecule has 2 aromatic carbocycles. The molecule has 0 radical (unpaired) electrons. The summed E-state index contributed by atoms with van der Waals surface area (Å²) in [6.45, 7) is 2.87. The fraction of sp³-hybridized carbons (Fsp3) is 0.280. The second-order valence-corrected chi connectivity index (χ2v) is 8.21. The number of hydrogen-bond donors (Lipinski definition) is 0. The van der Waals surface area contributed by atoms with E-state index in [4.69, 9.17) is 4.74 Å². The van der Waals surface area contributed by atoms with Crippen molar-refractivity contribution in [3.63, 3.8) is 0 Å². The molecule has 1 aromatic heterocycles. The number of hydrogen-bond acceptors (Lipinski definition) is 5. The zero-order valence-electron chi connectivity index (χ0n) is 18.5. The molecule has 0 fully saturated rings. The van der Waals surface area contributed by atoms with Crippen LogP contribution in [-0.2, 0) is 23.8 Å². The van der Waals surface area contributed by atoms with E-state index in [0.717, 1.165) is 47.7 Å². The standard InChI is InChI=1S/C25H21F3N2O4/c1-14-11-21(31)22(29-30(14)20-8-4-7-19(13-20)25(26,27)28)24(33)34-15(2)23(32)18-10-9-16-5-3-6-17(16)12-18/h4,7-13,15H,3,5-6H2,1-2H3. The van der Waals surface area contributed by atoms with Crippen LogP contribution in [0.1, 0.15) is 56.6 Å². The molecule has 0 bridgehead atoms. The Morgan fingerprint density at radius 1 is 1.06 bits per heavy atom. The molecule has 4 rings (SSSR count). The zero-order chi connectivity index (χ0) is 24.6. The number of aromatic nitrogens is 2. The minimum Gasteiger partial charge on any atom is -0.449 e. The fourth-order valence-electron chi connectivity index (χ4n) is 3.99. The van der Waals surface area contributed by atoms with Crippen molar-refractivity contribution in [2.45, 2.75) is 45.4 Å². The summed E-state index contributed by atoms with van der Waals surface area (Å²) in [5.74, 6) is -1.55. The van der Waals surface area contributed by atoms with E-state index in [2.05, 4.69) is 5.10 Å². The zero-order valence-corrected chi connectivity index (χ0v) is 18.5. The Kier molecular flexibility index (Phi) is 6.12. The minimum atomic E-state index is -4.57. The SMILES string of the molecule is Cc1cc(=O)c(C(=O)OC(C)C(=O)c2ccc3c(c2)CCC3)nn1-c1cccc(C(F)(F)F)c1. The number of rotatable bonds is 5. The first kappa shape index (κ1) is 23.4. The van der Waals surface area contributed by atoms with Gasteiger partial charge in [-0.15, -0.1) is 0 Å². The van der Waals surface area contributed by atoms with Crippen LogP contribution in [-0.4, -0.2) is 27.6 Å². The van der Waals surface area contributed by atoms with Crippen LogP contribution in [0.5, 0.6) is 0 Å². The second kappa shape index (κ2) is 8.89. The van der Waals surface area contributed by atoms with Gasteiger partial charge in [0.25, 0.3) is 0 Å². The van der Waals surface area contributed by atoms with Gasteiger partial charge in [-0.2, -0.15) is 18.3 Å². The van der Waals surface area contributed by atoms with Gasteiger partial charge in [0.1, 0.15) is 0 Å². The number of carbonyl (C=O) groups excluding carboxylic acids is 2. The Labute approximate surface area is 193 Å². The molecule has 9 heteroatoms. The largest absolute Gasteiger partial charge is 0.449 e. The summed E-state index contributed by atoms with van der Waals surface area (Å²) in [4.78, 5) is 37.9. The van der Waals surface area contributed by atoms with Gasteiger partial charge in [-0.3, -0.25) is 9.59 Å². The number of Topliss-reactive ketones (excluding diaryl/α,β-unsaturated/α-hetero) is 1. The summed E-state index contributed by atoms with van der Waals surface area (Å²) >= 11 is 0. The maximum absolute atomic E-state index is 13.1. The summed E-state index contributed by atoms with van der Waals surface area (Å²) in [6.07, 6.45) is -2.89. The smallest absolute Gasteiger partial charge is 0.416 e. The van der Waals surface area contributed by atoms with Crippen LogP contribution in [0.4, 0.5) is 13.2 Å². The number of benzene rings is 2. The molecule has 0 saturated heterocycles. The van der Waals surface area contributed by atoms with Gasteiger partial charge in [0, 0.05) is 17.3 Å². The third-order valence-electron chi connectivity index (χ3n) is 5.75. The predicted octanol–water partition coefficient (Wildman–Crippen LogP) is 4.48. The molecule has 1 unspecified atom stereocenters. The lowest BCUT2D eigenvalue weighted by molar-refractivity contribution is -0.137. The van der Waals surface area contributed by atoms with Gasteiger partial charge in [-0.25, -0.2) is 9.48 Å². The Morgan fingerprint density at radius 3 is 2.53 bits per heavy atom. The topological polar surface area (TPSA) is 78.3 Å². The molecular formula is C25H21F3N2O4. The van der Waals surface area contributed by atoms with Crippen molar-refractivity contribution in [2.24, 2.45) is 0 Å². The van der Waals surface area contributed by atoms with Crippen molar-refractivity contribution in [3.8, 4) is 5.69 Å². The molecule has 0 amide bonds. The summed E-state index contributed by atoms with van der Waals surface area (Å²) in [7, 11) is 0. The Hall–Kier alpha value is -3.75. The highest BCUT2D eigenvalue weighted by Gasteiger charge is 2.31. The molecule has 0 saturated carbocycles. The monoisotopic (exact) mass is 470 g/mol. The van der Waals surface area contributed by atoms with Gasteiger partial charge in [0.15, 0.2) is 6.10 Å². The molecule has 6 nitrogen and oxygen atoms in total. The highest BCUT2D eigenvalue weighted by Crippen LogP contribution is 2.30. The van der Waals surface area contributed by atoms with Crippen LogP contribution in [0, 0.1) is 6.92 Å². The Balaban J connectivity index is 1.59. The quantitative estimate of drug-likeness (QED) is 0.406. The van der Waals surface area contributed by atoms with Crippen LogP contribution in [0.25, 0.3) is 5.69 Å². The number of ether oxygens (including phenoxy) is 1. The molecule has 1 heterocycles. The lowest BCUT2D eigenvalue weighted by atomic mass is 10.0. The summed E-state index contributed by atoms with van der Waals surface area (Å²) in [5, 5.41) is 3.95. The Bertz CT molecular complexity index is 1340. The lowest BCUT2D eigenvalue weighted by Gasteiger charge is -2.15. The van der Waals surface area contributed by atoms with E-state index in [9.17, 15) is 27.6 Å². The molecule has 0 aliphatic heterocycles. The van der Waals surface area contributed by atoms with E-state index in [0.29, 0.717) is 5.56 Å². The average Bonchev–Trinajstić information content (AvgIpc) is 3.26. The van der Waals surface area contributed by atoms with Gasteiger partial charge in [0.2, 0.25) is 16.9 Å². The van der Waals surface area contributed by atoms with Crippen molar-refractivity contribution < 1.29 is 27.5 Å². The molecule has 0 spiro atoms. The van der Waals surface area contributed by atoms with E-state index in [-0.39, 0.29) is 11.4 Å². The van der Waals surface area contributed by atoms with Crippen molar-refractivity contribution in [1.29, 1.82) is 0 Å². The molecule has 0 N–H and O–H groups in total. The summed E-state index contributed by atoms with van der Waals surface area (Å²) in [6, 6.07) is 10.8. The second-order valence-electron chi connectivity index (χ2n) is 8.21. The molecule has 1 aliphatic carbocycles. The maximum Gasteiger partial charge on any atom is 0.416 e. The van der Waals surface area contributed by atoms with Gasteiger partial charge >= 0.3 is 12.1 Å². The number of carbonyl (C=O) groups is 2. The van der Waals surface area contributed by atoms with E-state index < -0.39 is 40.7 Å². The number of esters is 1. The van der Waals surface area contributed by atoms with Crippen LogP contribution in [0.15, 0.2) is 53.3 Å². The van der Waals surface area contributed by atoms with Crippen molar-refractivity contribution in [3.05, 3.63) is 92.4 Å². The number of alkyl halides is 3. The molecule has 34 heavy (non-hydrogen) atoms. The number of fused-ring (bicyclic) bond motifs is 1. The fourth-order valence-corrected chi connectivity index (χ4v) is 3.99. The molecule has 176 valence electrons. The highest BCUT2D eigenvalue weighted by molar-refractivity contribution is 6.01. The first-order valence-corrected chi connectivity index (χ1v) is 10.7. The molecule has 1 aliphatic rings. The van der Waals surface area contributed by atoms with Crippen molar-refractivity contribution in [1.82, 2.24) is 9.78 Å². The van der Waals surface area contributed by atoms with Crippen LogP contribution in [0.2, 0.25) is 0 Å². The first-order chi connectivity index (χ1) is 16.0. The minimum absolute atomic E-state index is 0.0173. The highest BCUT2D eigenvalue weighted by atomic mass is 19.4.